The van der Waals surface area contributed by atoms with Gasteiger partial charge in [-0.3, -0.25) is 9.59 Å². The standard InChI is InChI=1S/C21H24N2O3/c1-4-26-19-7-5-17(6-8-19)22-21(25)16-12-20(24)23(13-16)18-10-14(2)9-15(3)11-18/h5-11,16H,4,12-13H2,1-3H3,(H,22,25)/t16-/m0/s1. The number of nitrogens with zero attached hydrogens (tertiary/aromatic N) is 1. The number of hydrogen-bond donors (Lipinski definition) is 1. The Kier molecular flexibility index (Phi) is 5.26. The van der Waals surface area contributed by atoms with Crippen LogP contribution in [0.5, 0.6) is 5.75 Å². The molecule has 2 aromatic rings. The Morgan fingerprint density at radius 1 is 1.15 bits per heavy atom. The van der Waals surface area contributed by atoms with Gasteiger partial charge in [0, 0.05) is 24.3 Å². The molecule has 1 aliphatic heterocycles. The molecule has 2 aromatic carbocycles. The van der Waals surface area contributed by atoms with E-state index in [0.29, 0.717) is 18.8 Å². The number of benzene rings is 2. The van der Waals surface area contributed by atoms with Crippen molar-refractivity contribution in [3.05, 3.63) is 53.6 Å². The molecule has 1 saturated heterocycles. The summed E-state index contributed by atoms with van der Waals surface area (Å²) in [6.07, 6.45) is 0.232. The van der Waals surface area contributed by atoms with Crippen molar-refractivity contribution in [2.45, 2.75) is 27.2 Å². The highest BCUT2D eigenvalue weighted by atomic mass is 16.5. The number of aryl methyl sites for hydroxylation is 2. The first-order chi connectivity index (χ1) is 12.5. The lowest BCUT2D eigenvalue weighted by Crippen LogP contribution is -2.28. The van der Waals surface area contributed by atoms with Crippen LogP contribution in [0.1, 0.15) is 24.5 Å². The summed E-state index contributed by atoms with van der Waals surface area (Å²) in [5.74, 6) is 0.272. The zero-order chi connectivity index (χ0) is 18.7. The van der Waals surface area contributed by atoms with E-state index < -0.39 is 0 Å². The lowest BCUT2D eigenvalue weighted by molar-refractivity contribution is -0.122. The highest BCUT2D eigenvalue weighted by molar-refractivity contribution is 6.03. The summed E-state index contributed by atoms with van der Waals surface area (Å²) < 4.78 is 5.40. The molecule has 1 N–H and O–H groups in total. The number of rotatable bonds is 5. The average Bonchev–Trinajstić information content (AvgIpc) is 2.98. The van der Waals surface area contributed by atoms with Gasteiger partial charge in [0.15, 0.2) is 0 Å². The lowest BCUT2D eigenvalue weighted by atomic mass is 10.1. The zero-order valence-electron chi connectivity index (χ0n) is 15.4. The van der Waals surface area contributed by atoms with E-state index in [0.717, 1.165) is 22.6 Å². The first-order valence-electron chi connectivity index (χ1n) is 8.88. The van der Waals surface area contributed by atoms with Gasteiger partial charge in [0.05, 0.1) is 12.5 Å². The van der Waals surface area contributed by atoms with Crippen LogP contribution >= 0.6 is 0 Å². The van der Waals surface area contributed by atoms with Gasteiger partial charge in [-0.15, -0.1) is 0 Å². The van der Waals surface area contributed by atoms with Crippen molar-refractivity contribution in [2.75, 3.05) is 23.4 Å². The van der Waals surface area contributed by atoms with Crippen molar-refractivity contribution in [1.82, 2.24) is 0 Å². The van der Waals surface area contributed by atoms with Crippen LogP contribution in [0.15, 0.2) is 42.5 Å². The van der Waals surface area contributed by atoms with Crippen molar-refractivity contribution in [1.29, 1.82) is 0 Å². The monoisotopic (exact) mass is 352 g/mol. The summed E-state index contributed by atoms with van der Waals surface area (Å²) in [6, 6.07) is 13.3. The molecule has 5 nitrogen and oxygen atoms in total. The zero-order valence-corrected chi connectivity index (χ0v) is 15.4. The second-order valence-corrected chi connectivity index (χ2v) is 6.70. The van der Waals surface area contributed by atoms with Crippen molar-refractivity contribution in [3.8, 4) is 5.75 Å². The maximum Gasteiger partial charge on any atom is 0.229 e. The van der Waals surface area contributed by atoms with E-state index in [1.165, 1.54) is 0 Å². The van der Waals surface area contributed by atoms with E-state index in [9.17, 15) is 9.59 Å². The number of anilines is 2. The maximum absolute atomic E-state index is 12.6. The molecule has 1 aliphatic rings. The quantitative estimate of drug-likeness (QED) is 0.893. The lowest BCUT2D eigenvalue weighted by Gasteiger charge is -2.18. The molecule has 2 amide bonds. The number of hydrogen-bond acceptors (Lipinski definition) is 3. The van der Waals surface area contributed by atoms with Crippen molar-refractivity contribution in [2.24, 2.45) is 5.92 Å². The predicted octanol–water partition coefficient (Wildman–Crippen LogP) is 3.69. The van der Waals surface area contributed by atoms with Crippen LogP contribution in [0.25, 0.3) is 0 Å². The van der Waals surface area contributed by atoms with Gasteiger partial charge in [-0.05, 0) is 68.3 Å². The van der Waals surface area contributed by atoms with Crippen LogP contribution in [0.4, 0.5) is 11.4 Å². The van der Waals surface area contributed by atoms with Crippen molar-refractivity contribution in [3.63, 3.8) is 0 Å². The fraction of sp³-hybridized carbons (Fsp3) is 0.333. The molecule has 0 radical (unpaired) electrons. The van der Waals surface area contributed by atoms with E-state index in [1.54, 1.807) is 17.0 Å². The Labute approximate surface area is 154 Å². The summed E-state index contributed by atoms with van der Waals surface area (Å²) in [4.78, 5) is 26.7. The number of nitrogens with one attached hydrogen (secondary N) is 1. The van der Waals surface area contributed by atoms with Gasteiger partial charge in [-0.2, -0.15) is 0 Å². The van der Waals surface area contributed by atoms with Crippen LogP contribution in [0.2, 0.25) is 0 Å². The Morgan fingerprint density at radius 2 is 1.81 bits per heavy atom. The van der Waals surface area contributed by atoms with E-state index in [4.69, 9.17) is 4.74 Å². The predicted molar refractivity (Wildman–Crippen MR) is 103 cm³/mol. The second kappa shape index (κ2) is 7.60. The highest BCUT2D eigenvalue weighted by Crippen LogP contribution is 2.28. The molecule has 3 rings (SSSR count). The van der Waals surface area contributed by atoms with Crippen molar-refractivity contribution >= 4 is 23.2 Å². The van der Waals surface area contributed by atoms with Crippen LogP contribution in [0, 0.1) is 19.8 Å². The van der Waals surface area contributed by atoms with E-state index in [2.05, 4.69) is 11.4 Å². The SMILES string of the molecule is CCOc1ccc(NC(=O)[C@H]2CC(=O)N(c3cc(C)cc(C)c3)C2)cc1. The van der Waals surface area contributed by atoms with Gasteiger partial charge in [0.25, 0.3) is 0 Å². The van der Waals surface area contributed by atoms with E-state index >= 15 is 0 Å². The van der Waals surface area contributed by atoms with Gasteiger partial charge in [-0.1, -0.05) is 6.07 Å². The molecule has 26 heavy (non-hydrogen) atoms. The Balaban J connectivity index is 1.66. The van der Waals surface area contributed by atoms with Gasteiger partial charge < -0.3 is 15.0 Å². The van der Waals surface area contributed by atoms with Gasteiger partial charge in [0.1, 0.15) is 5.75 Å². The molecule has 1 heterocycles. The highest BCUT2D eigenvalue weighted by Gasteiger charge is 2.35. The Bertz CT molecular complexity index is 794. The fourth-order valence-corrected chi connectivity index (χ4v) is 3.28. The summed E-state index contributed by atoms with van der Waals surface area (Å²) >= 11 is 0. The van der Waals surface area contributed by atoms with E-state index in [1.807, 2.05) is 45.0 Å². The van der Waals surface area contributed by atoms with Gasteiger partial charge in [-0.25, -0.2) is 0 Å². The number of carbonyl (C=O) groups excluding carboxylic acids is 2. The minimum absolute atomic E-state index is 0.0122. The maximum atomic E-state index is 12.6. The third kappa shape index (κ3) is 4.04. The third-order valence-corrected chi connectivity index (χ3v) is 4.45. The minimum atomic E-state index is -0.352. The van der Waals surface area contributed by atoms with E-state index in [-0.39, 0.29) is 24.2 Å². The summed E-state index contributed by atoms with van der Waals surface area (Å²) in [6.45, 7) is 6.95. The summed E-state index contributed by atoms with van der Waals surface area (Å²) in [7, 11) is 0. The second-order valence-electron chi connectivity index (χ2n) is 6.70. The largest absolute Gasteiger partial charge is 0.494 e. The topological polar surface area (TPSA) is 58.6 Å². The molecule has 1 fully saturated rings. The number of amides is 2. The number of carbonyl (C=O) groups is 2. The summed E-state index contributed by atoms with van der Waals surface area (Å²) in [5, 5.41) is 2.90. The summed E-state index contributed by atoms with van der Waals surface area (Å²) in [5.41, 5.74) is 3.78. The average molecular weight is 352 g/mol. The van der Waals surface area contributed by atoms with Crippen molar-refractivity contribution < 1.29 is 14.3 Å². The molecule has 136 valence electrons. The molecule has 1 atom stereocenters. The van der Waals surface area contributed by atoms with Gasteiger partial charge in [0.2, 0.25) is 11.8 Å². The number of ether oxygens (including phenoxy) is 1. The minimum Gasteiger partial charge on any atom is -0.494 e. The fourth-order valence-electron chi connectivity index (χ4n) is 3.28. The Hall–Kier alpha value is -2.82. The molecule has 0 bridgehead atoms. The van der Waals surface area contributed by atoms with Crippen LogP contribution in [-0.2, 0) is 9.59 Å². The molecule has 5 heteroatoms. The Morgan fingerprint density at radius 3 is 2.42 bits per heavy atom. The smallest absolute Gasteiger partial charge is 0.229 e. The molecule has 0 saturated carbocycles. The first kappa shape index (κ1) is 18.0. The molecular weight excluding hydrogens is 328 g/mol. The van der Waals surface area contributed by atoms with Gasteiger partial charge >= 0.3 is 0 Å². The molecule has 0 spiro atoms. The normalized spacial score (nSPS) is 16.7. The third-order valence-electron chi connectivity index (χ3n) is 4.45. The molecule has 0 aliphatic carbocycles. The van der Waals surface area contributed by atoms with Crippen LogP contribution in [-0.4, -0.2) is 25.0 Å². The molecule has 0 unspecified atom stereocenters. The van der Waals surface area contributed by atoms with Crippen LogP contribution in [0.3, 0.4) is 0 Å². The van der Waals surface area contributed by atoms with Crippen LogP contribution < -0.4 is 15.0 Å². The molecular formula is C21H24N2O3. The molecule has 0 aromatic heterocycles. The first-order valence-corrected chi connectivity index (χ1v) is 8.88.